The Morgan fingerprint density at radius 3 is 2.14 bits per heavy atom. The van der Waals surface area contributed by atoms with E-state index in [-0.39, 0.29) is 11.9 Å². The van der Waals surface area contributed by atoms with Crippen LogP contribution in [0.3, 0.4) is 0 Å². The van der Waals surface area contributed by atoms with Crippen molar-refractivity contribution in [1.29, 1.82) is 0 Å². The molecule has 0 fully saturated rings. The van der Waals surface area contributed by atoms with E-state index in [1.54, 1.807) is 0 Å². The lowest BCUT2D eigenvalue weighted by molar-refractivity contribution is -0.114. The van der Waals surface area contributed by atoms with Crippen LogP contribution in [-0.4, -0.2) is 5.91 Å². The largest absolute Gasteiger partial charge is 0.379 e. The van der Waals surface area contributed by atoms with Crippen LogP contribution in [0.2, 0.25) is 0 Å². The summed E-state index contributed by atoms with van der Waals surface area (Å²) in [6, 6.07) is 16.8. The number of amides is 1. The van der Waals surface area contributed by atoms with Crippen molar-refractivity contribution in [2.24, 2.45) is 0 Å². The average Bonchev–Trinajstić information content (AvgIpc) is 2.50. The van der Waals surface area contributed by atoms with Crippen LogP contribution in [-0.2, 0) is 11.2 Å². The lowest BCUT2D eigenvalue weighted by Gasteiger charge is -2.16. The van der Waals surface area contributed by atoms with Gasteiger partial charge in [-0.2, -0.15) is 0 Å². The van der Waals surface area contributed by atoms with Gasteiger partial charge in [0.25, 0.3) is 0 Å². The molecule has 2 N–H and O–H groups in total. The van der Waals surface area contributed by atoms with Crippen molar-refractivity contribution in [2.75, 3.05) is 10.6 Å². The van der Waals surface area contributed by atoms with Crippen LogP contribution in [0, 0.1) is 0 Å². The molecule has 0 heterocycles. The Hall–Kier alpha value is -2.29. The zero-order valence-corrected chi connectivity index (χ0v) is 13.5. The van der Waals surface area contributed by atoms with Gasteiger partial charge in [0.2, 0.25) is 5.91 Å². The van der Waals surface area contributed by atoms with E-state index in [1.807, 2.05) is 24.3 Å². The lowest BCUT2D eigenvalue weighted by Crippen LogP contribution is -2.08. The summed E-state index contributed by atoms with van der Waals surface area (Å²) in [6.45, 7) is 5.86. The summed E-state index contributed by atoms with van der Waals surface area (Å²) in [5.74, 6) is -0.0544. The van der Waals surface area contributed by atoms with Crippen LogP contribution in [0.25, 0.3) is 0 Å². The van der Waals surface area contributed by atoms with Crippen molar-refractivity contribution < 1.29 is 4.79 Å². The number of hydrogen-bond donors (Lipinski definition) is 2. The molecule has 0 aromatic heterocycles. The van der Waals surface area contributed by atoms with E-state index >= 15 is 0 Å². The fraction of sp³-hybridized carbons (Fsp3) is 0.316. The standard InChI is InChI=1S/C19H24N2O/c1-4-5-16-6-8-17(9-7-16)14(2)20-18-10-12-19(13-11-18)21-15(3)22/h6-14,20H,4-5H2,1-3H3,(H,21,22). The Labute approximate surface area is 132 Å². The molecule has 2 aromatic rings. The zero-order valence-electron chi connectivity index (χ0n) is 13.5. The predicted molar refractivity (Wildman–Crippen MR) is 93.2 cm³/mol. The predicted octanol–water partition coefficient (Wildman–Crippen LogP) is 4.77. The molecule has 1 unspecified atom stereocenters. The second-order valence-corrected chi connectivity index (χ2v) is 5.62. The van der Waals surface area contributed by atoms with Crippen LogP contribution in [0.15, 0.2) is 48.5 Å². The van der Waals surface area contributed by atoms with Gasteiger partial charge < -0.3 is 10.6 Å². The molecule has 2 aromatic carbocycles. The van der Waals surface area contributed by atoms with Crippen molar-refractivity contribution in [3.05, 3.63) is 59.7 Å². The second-order valence-electron chi connectivity index (χ2n) is 5.62. The molecule has 0 aliphatic carbocycles. The molecule has 0 spiro atoms. The molecule has 1 atom stereocenters. The number of nitrogens with one attached hydrogen (secondary N) is 2. The Balaban J connectivity index is 1.98. The molecule has 0 aliphatic heterocycles. The molecule has 0 radical (unpaired) electrons. The number of aryl methyl sites for hydroxylation is 1. The maximum Gasteiger partial charge on any atom is 0.221 e. The first-order valence-electron chi connectivity index (χ1n) is 7.81. The molecule has 0 aliphatic rings. The number of anilines is 2. The summed E-state index contributed by atoms with van der Waals surface area (Å²) < 4.78 is 0. The highest BCUT2D eigenvalue weighted by Gasteiger charge is 2.05. The van der Waals surface area contributed by atoms with Gasteiger partial charge in [-0.1, -0.05) is 37.6 Å². The minimum absolute atomic E-state index is 0.0544. The minimum Gasteiger partial charge on any atom is -0.379 e. The molecule has 2 rings (SSSR count). The Morgan fingerprint density at radius 2 is 1.59 bits per heavy atom. The van der Waals surface area contributed by atoms with Gasteiger partial charge in [-0.05, 0) is 48.7 Å². The van der Waals surface area contributed by atoms with Crippen LogP contribution in [0.4, 0.5) is 11.4 Å². The SMILES string of the molecule is CCCc1ccc(C(C)Nc2ccc(NC(C)=O)cc2)cc1. The molecule has 116 valence electrons. The van der Waals surface area contributed by atoms with Gasteiger partial charge in [-0.25, -0.2) is 0 Å². The maximum atomic E-state index is 11.0. The zero-order chi connectivity index (χ0) is 15.9. The maximum absolute atomic E-state index is 11.0. The van der Waals surface area contributed by atoms with Gasteiger partial charge in [0, 0.05) is 24.3 Å². The van der Waals surface area contributed by atoms with Crippen LogP contribution in [0.1, 0.15) is 44.4 Å². The molecular weight excluding hydrogens is 272 g/mol. The Morgan fingerprint density at radius 1 is 1.00 bits per heavy atom. The van der Waals surface area contributed by atoms with E-state index in [0.717, 1.165) is 17.8 Å². The van der Waals surface area contributed by atoms with E-state index in [9.17, 15) is 4.79 Å². The summed E-state index contributed by atoms with van der Waals surface area (Å²) >= 11 is 0. The summed E-state index contributed by atoms with van der Waals surface area (Å²) in [7, 11) is 0. The number of hydrogen-bond acceptors (Lipinski definition) is 2. The minimum atomic E-state index is -0.0544. The fourth-order valence-corrected chi connectivity index (χ4v) is 2.45. The van der Waals surface area contributed by atoms with Crippen molar-refractivity contribution >= 4 is 17.3 Å². The first-order valence-corrected chi connectivity index (χ1v) is 7.81. The molecule has 22 heavy (non-hydrogen) atoms. The third-order valence-corrected chi connectivity index (χ3v) is 3.61. The molecule has 0 saturated heterocycles. The second kappa shape index (κ2) is 7.64. The number of carbonyl (C=O) groups is 1. The van der Waals surface area contributed by atoms with Crippen molar-refractivity contribution in [2.45, 2.75) is 39.7 Å². The monoisotopic (exact) mass is 296 g/mol. The van der Waals surface area contributed by atoms with Crippen LogP contribution < -0.4 is 10.6 Å². The van der Waals surface area contributed by atoms with Gasteiger partial charge in [-0.15, -0.1) is 0 Å². The van der Waals surface area contributed by atoms with Crippen LogP contribution >= 0.6 is 0 Å². The molecule has 3 nitrogen and oxygen atoms in total. The fourth-order valence-electron chi connectivity index (χ4n) is 2.45. The van der Waals surface area contributed by atoms with Gasteiger partial charge in [0.15, 0.2) is 0 Å². The normalized spacial score (nSPS) is 11.8. The van der Waals surface area contributed by atoms with Gasteiger partial charge in [0.05, 0.1) is 0 Å². The number of benzene rings is 2. The number of rotatable bonds is 6. The van der Waals surface area contributed by atoms with Crippen LogP contribution in [0.5, 0.6) is 0 Å². The van der Waals surface area contributed by atoms with Crippen molar-refractivity contribution in [1.82, 2.24) is 0 Å². The quantitative estimate of drug-likeness (QED) is 0.806. The van der Waals surface area contributed by atoms with Crippen molar-refractivity contribution in [3.63, 3.8) is 0 Å². The highest BCUT2D eigenvalue weighted by Crippen LogP contribution is 2.21. The molecule has 0 saturated carbocycles. The smallest absolute Gasteiger partial charge is 0.221 e. The highest BCUT2D eigenvalue weighted by atomic mass is 16.1. The summed E-state index contributed by atoms with van der Waals surface area (Å²) in [6.07, 6.45) is 2.31. The Bertz CT molecular complexity index is 602. The number of carbonyl (C=O) groups excluding carboxylic acids is 1. The topological polar surface area (TPSA) is 41.1 Å². The molecule has 0 bridgehead atoms. The first kappa shape index (κ1) is 16.1. The molecule has 3 heteroatoms. The Kier molecular flexibility index (Phi) is 5.59. The molecular formula is C19H24N2O. The average molecular weight is 296 g/mol. The van der Waals surface area contributed by atoms with Gasteiger partial charge in [0.1, 0.15) is 0 Å². The highest BCUT2D eigenvalue weighted by molar-refractivity contribution is 5.88. The first-order chi connectivity index (χ1) is 10.6. The molecule has 1 amide bonds. The summed E-state index contributed by atoms with van der Waals surface area (Å²) in [4.78, 5) is 11.0. The lowest BCUT2D eigenvalue weighted by atomic mass is 10.0. The van der Waals surface area contributed by atoms with E-state index in [0.29, 0.717) is 0 Å². The third-order valence-electron chi connectivity index (χ3n) is 3.61. The summed E-state index contributed by atoms with van der Waals surface area (Å²) in [5, 5.41) is 6.25. The van der Waals surface area contributed by atoms with E-state index in [4.69, 9.17) is 0 Å². The van der Waals surface area contributed by atoms with E-state index in [1.165, 1.54) is 24.5 Å². The van der Waals surface area contributed by atoms with Crippen molar-refractivity contribution in [3.8, 4) is 0 Å². The third kappa shape index (κ3) is 4.62. The summed E-state index contributed by atoms with van der Waals surface area (Å²) in [5.41, 5.74) is 4.51. The van der Waals surface area contributed by atoms with Gasteiger partial charge in [-0.3, -0.25) is 4.79 Å². The van der Waals surface area contributed by atoms with Gasteiger partial charge >= 0.3 is 0 Å². The van der Waals surface area contributed by atoms with E-state index in [2.05, 4.69) is 48.7 Å². The van der Waals surface area contributed by atoms with E-state index < -0.39 is 0 Å².